The Morgan fingerprint density at radius 1 is 1.06 bits per heavy atom. The van der Waals surface area contributed by atoms with Crippen LogP contribution in [-0.2, 0) is 14.3 Å². The Balaban J connectivity index is 1.41. The molecule has 1 heterocycles. The van der Waals surface area contributed by atoms with E-state index in [0.717, 1.165) is 33.0 Å². The van der Waals surface area contributed by atoms with Crippen LogP contribution in [0, 0.1) is 6.92 Å². The van der Waals surface area contributed by atoms with Crippen LogP contribution in [0.5, 0.6) is 0 Å². The SMILES string of the molecule is Cc1csc(C(C)NC(=O)C(CCC(=O)O)NC(=O)OCC2c3ccccc3-c3ccccc32)n1. The average Bonchev–Trinajstić information content (AvgIpc) is 3.41. The molecule has 0 aliphatic heterocycles. The van der Waals surface area contributed by atoms with Crippen LogP contribution in [0.3, 0.4) is 0 Å². The maximum absolute atomic E-state index is 12.9. The zero-order chi connectivity index (χ0) is 24.9. The third-order valence-electron chi connectivity index (χ3n) is 5.97. The quantitative estimate of drug-likeness (QED) is 0.407. The molecule has 1 aliphatic rings. The third kappa shape index (κ3) is 5.68. The molecule has 3 N–H and O–H groups in total. The molecule has 1 aliphatic carbocycles. The first-order chi connectivity index (χ1) is 16.8. The highest BCUT2D eigenvalue weighted by molar-refractivity contribution is 7.09. The van der Waals surface area contributed by atoms with E-state index in [9.17, 15) is 14.4 Å². The zero-order valence-corrected chi connectivity index (χ0v) is 20.3. The first-order valence-corrected chi connectivity index (χ1v) is 12.3. The number of aliphatic carboxylic acids is 1. The van der Waals surface area contributed by atoms with Crippen molar-refractivity contribution in [1.29, 1.82) is 0 Å². The minimum Gasteiger partial charge on any atom is -0.481 e. The summed E-state index contributed by atoms with van der Waals surface area (Å²) in [7, 11) is 0. The van der Waals surface area contributed by atoms with Gasteiger partial charge in [-0.05, 0) is 42.5 Å². The standard InChI is InChI=1S/C26H27N3O5S/c1-15-14-35-25(27-15)16(2)28-24(32)22(11-12-23(30)31)29-26(33)34-13-21-19-9-5-3-7-17(19)18-8-4-6-10-20(18)21/h3-10,14,16,21-22H,11-13H2,1-2H3,(H,28,32)(H,29,33)(H,30,31). The Bertz CT molecular complexity index is 1200. The summed E-state index contributed by atoms with van der Waals surface area (Å²) >= 11 is 1.42. The topological polar surface area (TPSA) is 118 Å². The van der Waals surface area contributed by atoms with Crippen molar-refractivity contribution in [2.24, 2.45) is 0 Å². The maximum atomic E-state index is 12.9. The van der Waals surface area contributed by atoms with Crippen LogP contribution in [0.1, 0.15) is 53.6 Å². The maximum Gasteiger partial charge on any atom is 0.407 e. The summed E-state index contributed by atoms with van der Waals surface area (Å²) in [6.45, 7) is 3.75. The highest BCUT2D eigenvalue weighted by Gasteiger charge is 2.30. The van der Waals surface area contributed by atoms with Crippen molar-refractivity contribution in [1.82, 2.24) is 15.6 Å². The van der Waals surface area contributed by atoms with Crippen molar-refractivity contribution in [2.75, 3.05) is 6.61 Å². The fourth-order valence-electron chi connectivity index (χ4n) is 4.27. The largest absolute Gasteiger partial charge is 0.481 e. The number of rotatable bonds is 9. The lowest BCUT2D eigenvalue weighted by Gasteiger charge is -2.21. The van der Waals surface area contributed by atoms with Crippen LogP contribution in [0.4, 0.5) is 4.79 Å². The molecule has 0 saturated carbocycles. The van der Waals surface area contributed by atoms with Crippen LogP contribution < -0.4 is 10.6 Å². The first-order valence-electron chi connectivity index (χ1n) is 11.4. The number of benzene rings is 2. The fourth-order valence-corrected chi connectivity index (χ4v) is 5.07. The number of ether oxygens (including phenoxy) is 1. The minimum atomic E-state index is -1.05. The second-order valence-corrected chi connectivity index (χ2v) is 9.40. The lowest BCUT2D eigenvalue weighted by atomic mass is 9.98. The summed E-state index contributed by atoms with van der Waals surface area (Å²) in [5, 5.41) is 17.1. The molecule has 8 nitrogen and oxygen atoms in total. The second-order valence-electron chi connectivity index (χ2n) is 8.51. The van der Waals surface area contributed by atoms with E-state index in [2.05, 4.69) is 15.6 Å². The Labute approximate surface area is 207 Å². The molecule has 4 rings (SSSR count). The molecule has 3 aromatic rings. The number of carbonyl (C=O) groups is 3. The number of nitrogens with one attached hydrogen (secondary N) is 2. The van der Waals surface area contributed by atoms with Gasteiger partial charge >= 0.3 is 12.1 Å². The Morgan fingerprint density at radius 3 is 2.26 bits per heavy atom. The van der Waals surface area contributed by atoms with Gasteiger partial charge in [0.05, 0.1) is 6.04 Å². The van der Waals surface area contributed by atoms with Crippen molar-refractivity contribution in [3.8, 4) is 11.1 Å². The van der Waals surface area contributed by atoms with Gasteiger partial charge in [0.15, 0.2) is 0 Å². The summed E-state index contributed by atoms with van der Waals surface area (Å²) in [6.07, 6.45) is -1.10. The summed E-state index contributed by atoms with van der Waals surface area (Å²) in [5.74, 6) is -1.66. The van der Waals surface area contributed by atoms with Crippen LogP contribution in [0.15, 0.2) is 53.9 Å². The summed E-state index contributed by atoms with van der Waals surface area (Å²) < 4.78 is 5.53. The molecule has 182 valence electrons. The van der Waals surface area contributed by atoms with Crippen molar-refractivity contribution < 1.29 is 24.2 Å². The number of hydrogen-bond acceptors (Lipinski definition) is 6. The third-order valence-corrected chi connectivity index (χ3v) is 7.11. The van der Waals surface area contributed by atoms with E-state index >= 15 is 0 Å². The monoisotopic (exact) mass is 493 g/mol. The number of carboxylic acids is 1. The number of nitrogens with zero attached hydrogens (tertiary/aromatic N) is 1. The number of fused-ring (bicyclic) bond motifs is 3. The molecule has 1 aromatic heterocycles. The fraction of sp³-hybridized carbons (Fsp3) is 0.308. The van der Waals surface area contributed by atoms with E-state index in [1.807, 2.05) is 60.8 Å². The number of carbonyl (C=O) groups excluding carboxylic acids is 2. The van der Waals surface area contributed by atoms with E-state index in [1.54, 1.807) is 6.92 Å². The Kier molecular flexibility index (Phi) is 7.45. The van der Waals surface area contributed by atoms with Crippen LogP contribution in [0.2, 0.25) is 0 Å². The smallest absolute Gasteiger partial charge is 0.407 e. The van der Waals surface area contributed by atoms with Crippen molar-refractivity contribution in [2.45, 2.75) is 44.7 Å². The predicted octanol–water partition coefficient (Wildman–Crippen LogP) is 4.40. The van der Waals surface area contributed by atoms with Crippen molar-refractivity contribution in [3.63, 3.8) is 0 Å². The number of amides is 2. The van der Waals surface area contributed by atoms with Gasteiger partial charge in [0.1, 0.15) is 17.7 Å². The number of aromatic nitrogens is 1. The van der Waals surface area contributed by atoms with E-state index < -0.39 is 24.0 Å². The van der Waals surface area contributed by atoms with E-state index in [1.165, 1.54) is 11.3 Å². The molecule has 35 heavy (non-hydrogen) atoms. The van der Waals surface area contributed by atoms with Gasteiger partial charge in [0.25, 0.3) is 0 Å². The van der Waals surface area contributed by atoms with Crippen molar-refractivity contribution >= 4 is 29.3 Å². The second kappa shape index (κ2) is 10.7. The Morgan fingerprint density at radius 2 is 1.69 bits per heavy atom. The lowest BCUT2D eigenvalue weighted by molar-refractivity contribution is -0.137. The van der Waals surface area contributed by atoms with Gasteiger partial charge in [-0.2, -0.15) is 0 Å². The van der Waals surface area contributed by atoms with Gasteiger partial charge in [-0.3, -0.25) is 9.59 Å². The van der Waals surface area contributed by atoms with Gasteiger partial charge in [-0.25, -0.2) is 9.78 Å². The molecule has 0 saturated heterocycles. The van der Waals surface area contributed by atoms with E-state index in [-0.39, 0.29) is 31.4 Å². The minimum absolute atomic E-state index is 0.0605. The van der Waals surface area contributed by atoms with Crippen LogP contribution in [-0.4, -0.2) is 40.7 Å². The number of carboxylic acid groups (broad SMARTS) is 1. The van der Waals surface area contributed by atoms with Gasteiger partial charge in [0, 0.05) is 23.4 Å². The molecule has 0 bridgehead atoms. The molecule has 0 fully saturated rings. The first kappa shape index (κ1) is 24.4. The lowest BCUT2D eigenvalue weighted by Crippen LogP contribution is -2.47. The molecule has 2 unspecified atom stereocenters. The normalized spacial score (nSPS) is 13.9. The van der Waals surface area contributed by atoms with Gasteiger partial charge in [-0.15, -0.1) is 11.3 Å². The molecule has 0 radical (unpaired) electrons. The summed E-state index contributed by atoms with van der Waals surface area (Å²) in [5.41, 5.74) is 5.23. The molecular weight excluding hydrogens is 466 g/mol. The summed E-state index contributed by atoms with van der Waals surface area (Å²) in [4.78, 5) is 41.0. The average molecular weight is 494 g/mol. The number of hydrogen-bond donors (Lipinski definition) is 3. The van der Waals surface area contributed by atoms with Crippen LogP contribution >= 0.6 is 11.3 Å². The predicted molar refractivity (Wildman–Crippen MR) is 132 cm³/mol. The van der Waals surface area contributed by atoms with Crippen LogP contribution in [0.25, 0.3) is 11.1 Å². The molecule has 2 aromatic carbocycles. The molecule has 0 spiro atoms. The molecule has 2 amide bonds. The van der Waals surface area contributed by atoms with E-state index in [0.29, 0.717) is 0 Å². The molecular formula is C26H27N3O5S. The highest BCUT2D eigenvalue weighted by atomic mass is 32.1. The molecule has 2 atom stereocenters. The van der Waals surface area contributed by atoms with Gasteiger partial charge in [0.2, 0.25) is 5.91 Å². The highest BCUT2D eigenvalue weighted by Crippen LogP contribution is 2.44. The summed E-state index contributed by atoms with van der Waals surface area (Å²) in [6, 6.07) is 14.6. The van der Waals surface area contributed by atoms with Gasteiger partial charge < -0.3 is 20.5 Å². The van der Waals surface area contributed by atoms with E-state index in [4.69, 9.17) is 9.84 Å². The number of thiazole rings is 1. The number of aryl methyl sites for hydroxylation is 1. The number of alkyl carbamates (subject to hydrolysis) is 1. The zero-order valence-electron chi connectivity index (χ0n) is 19.5. The molecule has 9 heteroatoms. The Hall–Kier alpha value is -3.72. The van der Waals surface area contributed by atoms with Gasteiger partial charge in [-0.1, -0.05) is 48.5 Å². The van der Waals surface area contributed by atoms with Crippen molar-refractivity contribution in [3.05, 3.63) is 75.7 Å².